The Kier molecular flexibility index (Phi) is 2.00. The molecule has 0 aliphatic heterocycles. The Balaban J connectivity index is 2.61. The predicted octanol–water partition coefficient (Wildman–Crippen LogP) is 2.54. The smallest absolute Gasteiger partial charge is 0.222 e. The lowest BCUT2D eigenvalue weighted by Crippen LogP contribution is -1.87. The number of benzene rings is 1. The molecule has 2 aromatic rings. The molecular weight excluding hydrogens is 176 g/mol. The van der Waals surface area contributed by atoms with Gasteiger partial charge in [-0.1, -0.05) is 23.4 Å². The topological polar surface area (TPSA) is 52.0 Å². The molecule has 0 bridgehead atoms. The van der Waals surface area contributed by atoms with Crippen molar-refractivity contribution in [3.05, 3.63) is 35.4 Å². The molecule has 72 valence electrons. The third-order valence-electron chi connectivity index (χ3n) is 2.27. The van der Waals surface area contributed by atoms with E-state index in [2.05, 4.69) is 5.16 Å². The van der Waals surface area contributed by atoms with E-state index in [1.54, 1.807) is 6.07 Å². The van der Waals surface area contributed by atoms with E-state index in [4.69, 9.17) is 10.3 Å². The molecule has 1 aromatic carbocycles. The van der Waals surface area contributed by atoms with Crippen LogP contribution in [-0.4, -0.2) is 5.16 Å². The van der Waals surface area contributed by atoms with E-state index in [0.717, 1.165) is 11.3 Å². The molecule has 0 atom stereocenters. The van der Waals surface area contributed by atoms with Gasteiger partial charge in [-0.05, 0) is 25.0 Å². The molecular formula is C11H12N2O. The lowest BCUT2D eigenvalue weighted by Gasteiger charge is -2.04. The normalized spacial score (nSPS) is 10.4. The highest BCUT2D eigenvalue weighted by molar-refractivity contribution is 5.68. The highest BCUT2D eigenvalue weighted by Gasteiger charge is 2.09. The van der Waals surface area contributed by atoms with Gasteiger partial charge in [0, 0.05) is 11.6 Å². The Hall–Kier alpha value is -1.77. The second-order valence-electron chi connectivity index (χ2n) is 3.38. The fraction of sp³-hybridized carbons (Fsp3) is 0.182. The molecule has 3 nitrogen and oxygen atoms in total. The number of anilines is 1. The summed E-state index contributed by atoms with van der Waals surface area (Å²) in [4.78, 5) is 0. The van der Waals surface area contributed by atoms with Gasteiger partial charge in [0.2, 0.25) is 5.88 Å². The number of nitrogens with zero attached hydrogens (tertiary/aromatic N) is 1. The standard InChI is InChI=1S/C11H12N2O/c1-7-4-3-5-8(2)11(7)9-6-10(12)14-13-9/h3-6H,12H2,1-2H3. The van der Waals surface area contributed by atoms with Crippen LogP contribution in [0.4, 0.5) is 5.88 Å². The molecule has 2 rings (SSSR count). The van der Waals surface area contributed by atoms with Crippen molar-refractivity contribution in [3.8, 4) is 11.3 Å². The van der Waals surface area contributed by atoms with Crippen molar-refractivity contribution in [2.75, 3.05) is 5.73 Å². The summed E-state index contributed by atoms with van der Waals surface area (Å²) in [5.41, 5.74) is 9.75. The van der Waals surface area contributed by atoms with Crippen LogP contribution in [0.5, 0.6) is 0 Å². The zero-order valence-electron chi connectivity index (χ0n) is 8.24. The molecule has 0 saturated heterocycles. The van der Waals surface area contributed by atoms with Crippen LogP contribution < -0.4 is 5.73 Å². The summed E-state index contributed by atoms with van der Waals surface area (Å²) in [7, 11) is 0. The molecule has 14 heavy (non-hydrogen) atoms. The van der Waals surface area contributed by atoms with Crippen LogP contribution in [0.25, 0.3) is 11.3 Å². The minimum absolute atomic E-state index is 0.350. The third kappa shape index (κ3) is 1.37. The molecule has 0 unspecified atom stereocenters. The van der Waals surface area contributed by atoms with Gasteiger partial charge in [0.05, 0.1) is 0 Å². The number of hydrogen-bond acceptors (Lipinski definition) is 3. The Bertz CT molecular complexity index is 440. The molecule has 3 heteroatoms. The zero-order chi connectivity index (χ0) is 10.1. The van der Waals surface area contributed by atoms with Crippen LogP contribution in [0.2, 0.25) is 0 Å². The summed E-state index contributed by atoms with van der Waals surface area (Å²) < 4.78 is 4.86. The van der Waals surface area contributed by atoms with Gasteiger partial charge < -0.3 is 10.3 Å². The minimum Gasteiger partial charge on any atom is -0.368 e. The molecule has 0 fully saturated rings. The molecule has 1 aromatic heterocycles. The molecule has 0 aliphatic rings. The second kappa shape index (κ2) is 3.18. The van der Waals surface area contributed by atoms with Crippen LogP contribution in [0.3, 0.4) is 0 Å². The number of hydrogen-bond donors (Lipinski definition) is 1. The first kappa shape index (κ1) is 8.81. The number of nitrogens with two attached hydrogens (primary N) is 1. The fourth-order valence-corrected chi connectivity index (χ4v) is 1.63. The maximum atomic E-state index is 5.49. The van der Waals surface area contributed by atoms with E-state index in [9.17, 15) is 0 Å². The van der Waals surface area contributed by atoms with Crippen LogP contribution >= 0.6 is 0 Å². The summed E-state index contributed by atoms with van der Waals surface area (Å²) in [6, 6.07) is 7.87. The summed E-state index contributed by atoms with van der Waals surface area (Å²) in [6.45, 7) is 4.10. The van der Waals surface area contributed by atoms with Gasteiger partial charge in [-0.25, -0.2) is 0 Å². The van der Waals surface area contributed by atoms with Gasteiger partial charge >= 0.3 is 0 Å². The number of rotatable bonds is 1. The van der Waals surface area contributed by atoms with Gasteiger partial charge in [0.1, 0.15) is 5.69 Å². The average molecular weight is 188 g/mol. The summed E-state index contributed by atoms with van der Waals surface area (Å²) in [6.07, 6.45) is 0. The monoisotopic (exact) mass is 188 g/mol. The van der Waals surface area contributed by atoms with Crippen molar-refractivity contribution < 1.29 is 4.52 Å². The molecule has 0 radical (unpaired) electrons. The third-order valence-corrected chi connectivity index (χ3v) is 2.27. The van der Waals surface area contributed by atoms with E-state index in [1.165, 1.54) is 11.1 Å². The molecule has 2 N–H and O–H groups in total. The van der Waals surface area contributed by atoms with Crippen LogP contribution in [0, 0.1) is 13.8 Å². The maximum absolute atomic E-state index is 5.49. The molecule has 1 heterocycles. The fourth-order valence-electron chi connectivity index (χ4n) is 1.63. The first-order valence-corrected chi connectivity index (χ1v) is 4.47. The predicted molar refractivity (Wildman–Crippen MR) is 55.8 cm³/mol. The Labute approximate surface area is 82.5 Å². The lowest BCUT2D eigenvalue weighted by molar-refractivity contribution is 0.439. The van der Waals surface area contributed by atoms with E-state index in [0.29, 0.717) is 5.88 Å². The van der Waals surface area contributed by atoms with Crippen molar-refractivity contribution in [2.45, 2.75) is 13.8 Å². The van der Waals surface area contributed by atoms with Gasteiger partial charge in [-0.3, -0.25) is 0 Å². The highest BCUT2D eigenvalue weighted by Crippen LogP contribution is 2.26. The van der Waals surface area contributed by atoms with Crippen molar-refractivity contribution in [1.29, 1.82) is 0 Å². The maximum Gasteiger partial charge on any atom is 0.222 e. The number of nitrogen functional groups attached to an aromatic ring is 1. The molecule has 0 saturated carbocycles. The summed E-state index contributed by atoms with van der Waals surface area (Å²) >= 11 is 0. The minimum atomic E-state index is 0.350. The van der Waals surface area contributed by atoms with Crippen LogP contribution in [0.1, 0.15) is 11.1 Å². The number of aryl methyl sites for hydroxylation is 2. The van der Waals surface area contributed by atoms with E-state index in [1.807, 2.05) is 32.0 Å². The Morgan fingerprint density at radius 1 is 1.21 bits per heavy atom. The quantitative estimate of drug-likeness (QED) is 0.748. The van der Waals surface area contributed by atoms with Crippen LogP contribution in [-0.2, 0) is 0 Å². The van der Waals surface area contributed by atoms with Gasteiger partial charge in [0.25, 0.3) is 0 Å². The largest absolute Gasteiger partial charge is 0.368 e. The van der Waals surface area contributed by atoms with E-state index in [-0.39, 0.29) is 0 Å². The van der Waals surface area contributed by atoms with Gasteiger partial charge in [-0.15, -0.1) is 0 Å². The molecule has 0 spiro atoms. The summed E-state index contributed by atoms with van der Waals surface area (Å²) in [5, 5.41) is 3.91. The first-order chi connectivity index (χ1) is 6.68. The van der Waals surface area contributed by atoms with Crippen molar-refractivity contribution in [1.82, 2.24) is 5.16 Å². The lowest BCUT2D eigenvalue weighted by atomic mass is 10.0. The van der Waals surface area contributed by atoms with E-state index >= 15 is 0 Å². The Morgan fingerprint density at radius 2 is 1.86 bits per heavy atom. The average Bonchev–Trinajstić information content (AvgIpc) is 2.51. The Morgan fingerprint density at radius 3 is 2.36 bits per heavy atom. The summed E-state index contributed by atoms with van der Waals surface area (Å²) in [5.74, 6) is 0.350. The first-order valence-electron chi connectivity index (χ1n) is 4.47. The SMILES string of the molecule is Cc1cccc(C)c1-c1cc(N)on1. The second-order valence-corrected chi connectivity index (χ2v) is 3.38. The van der Waals surface area contributed by atoms with Crippen LogP contribution in [0.15, 0.2) is 28.8 Å². The highest BCUT2D eigenvalue weighted by atomic mass is 16.5. The van der Waals surface area contributed by atoms with Gasteiger partial charge in [-0.2, -0.15) is 0 Å². The van der Waals surface area contributed by atoms with Crippen molar-refractivity contribution in [3.63, 3.8) is 0 Å². The van der Waals surface area contributed by atoms with Crippen molar-refractivity contribution >= 4 is 5.88 Å². The zero-order valence-corrected chi connectivity index (χ0v) is 8.24. The molecule has 0 amide bonds. The molecule has 0 aliphatic carbocycles. The number of aromatic nitrogens is 1. The van der Waals surface area contributed by atoms with E-state index < -0.39 is 0 Å². The van der Waals surface area contributed by atoms with Gasteiger partial charge in [0.15, 0.2) is 0 Å². The van der Waals surface area contributed by atoms with Crippen molar-refractivity contribution in [2.24, 2.45) is 0 Å².